The Morgan fingerprint density at radius 1 is 1.10 bits per heavy atom. The number of fused-ring (bicyclic) bond motifs is 1. The summed E-state index contributed by atoms with van der Waals surface area (Å²) >= 11 is 5.94. The number of hydrogen-bond acceptors (Lipinski definition) is 2. The molecule has 1 aliphatic carbocycles. The second-order valence-electron chi connectivity index (χ2n) is 5.24. The highest BCUT2D eigenvalue weighted by Crippen LogP contribution is 2.30. The van der Waals surface area contributed by atoms with Gasteiger partial charge in [-0.15, -0.1) is 0 Å². The Morgan fingerprint density at radius 2 is 1.85 bits per heavy atom. The van der Waals surface area contributed by atoms with E-state index in [9.17, 15) is 4.79 Å². The number of halogens is 1. The van der Waals surface area contributed by atoms with Crippen LogP contribution in [0.25, 0.3) is 11.1 Å². The maximum Gasteiger partial charge on any atom is 0.153 e. The normalized spacial score (nSPS) is 18.5. The molecule has 2 aromatic rings. The van der Waals surface area contributed by atoms with E-state index in [1.165, 1.54) is 5.56 Å². The van der Waals surface area contributed by atoms with Crippen molar-refractivity contribution in [3.05, 3.63) is 58.6 Å². The van der Waals surface area contributed by atoms with E-state index in [1.54, 1.807) is 0 Å². The summed E-state index contributed by atoms with van der Waals surface area (Å²) in [6.07, 6.45) is 2.02. The Kier molecular flexibility index (Phi) is 3.60. The lowest BCUT2D eigenvalue weighted by Crippen LogP contribution is -2.30. The summed E-state index contributed by atoms with van der Waals surface area (Å²) in [6.45, 7) is 0. The van der Waals surface area contributed by atoms with Crippen LogP contribution in [-0.2, 0) is 17.6 Å². The predicted octanol–water partition coefficient (Wildman–Crippen LogP) is 3.39. The number of ketones is 1. The van der Waals surface area contributed by atoms with Gasteiger partial charge in [0.25, 0.3) is 0 Å². The fourth-order valence-corrected chi connectivity index (χ4v) is 2.88. The van der Waals surface area contributed by atoms with Crippen molar-refractivity contribution in [1.29, 1.82) is 0 Å². The van der Waals surface area contributed by atoms with Crippen LogP contribution in [0.4, 0.5) is 0 Å². The summed E-state index contributed by atoms with van der Waals surface area (Å²) in [5.41, 5.74) is 10.5. The summed E-state index contributed by atoms with van der Waals surface area (Å²) in [4.78, 5) is 12.1. The number of carbonyl (C=O) groups excluding carboxylic acids is 1. The van der Waals surface area contributed by atoms with Crippen LogP contribution in [0, 0.1) is 0 Å². The van der Waals surface area contributed by atoms with Gasteiger partial charge in [0.05, 0.1) is 6.04 Å². The van der Waals surface area contributed by atoms with Crippen molar-refractivity contribution in [1.82, 2.24) is 0 Å². The van der Waals surface area contributed by atoms with Gasteiger partial charge in [-0.3, -0.25) is 4.79 Å². The van der Waals surface area contributed by atoms with Gasteiger partial charge in [0, 0.05) is 11.4 Å². The number of hydrogen-bond donors (Lipinski definition) is 1. The van der Waals surface area contributed by atoms with Gasteiger partial charge >= 0.3 is 0 Å². The Bertz CT molecular complexity index is 649. The van der Waals surface area contributed by atoms with E-state index in [-0.39, 0.29) is 11.8 Å². The van der Waals surface area contributed by atoms with Crippen LogP contribution in [-0.4, -0.2) is 11.8 Å². The van der Waals surface area contributed by atoms with Gasteiger partial charge in [-0.25, -0.2) is 0 Å². The molecular formula is C17H16ClNO. The van der Waals surface area contributed by atoms with Gasteiger partial charge in [-0.1, -0.05) is 41.9 Å². The van der Waals surface area contributed by atoms with E-state index >= 15 is 0 Å². The van der Waals surface area contributed by atoms with Crippen LogP contribution < -0.4 is 5.73 Å². The molecule has 2 N–H and O–H groups in total. The van der Waals surface area contributed by atoms with Gasteiger partial charge in [0.2, 0.25) is 0 Å². The predicted molar refractivity (Wildman–Crippen MR) is 81.9 cm³/mol. The van der Waals surface area contributed by atoms with Crippen molar-refractivity contribution in [3.63, 3.8) is 0 Å². The lowest BCUT2D eigenvalue weighted by molar-refractivity contribution is -0.119. The Balaban J connectivity index is 2.10. The highest BCUT2D eigenvalue weighted by molar-refractivity contribution is 6.30. The second kappa shape index (κ2) is 5.39. The molecule has 1 atom stereocenters. The second-order valence-corrected chi connectivity index (χ2v) is 5.67. The molecule has 0 aliphatic heterocycles. The molecule has 2 nitrogen and oxygen atoms in total. The minimum absolute atomic E-state index is 0.130. The van der Waals surface area contributed by atoms with Gasteiger partial charge < -0.3 is 5.73 Å². The number of rotatable bonds is 1. The third-order valence-corrected chi connectivity index (χ3v) is 4.17. The van der Waals surface area contributed by atoms with Gasteiger partial charge in [0.15, 0.2) is 5.78 Å². The van der Waals surface area contributed by atoms with Crippen molar-refractivity contribution in [2.75, 3.05) is 0 Å². The molecule has 0 saturated carbocycles. The minimum Gasteiger partial charge on any atom is -0.321 e. The quantitative estimate of drug-likeness (QED) is 0.816. The lowest BCUT2D eigenvalue weighted by atomic mass is 9.92. The number of carbonyl (C=O) groups is 1. The summed E-state index contributed by atoms with van der Waals surface area (Å²) in [7, 11) is 0. The molecule has 2 aromatic carbocycles. The van der Waals surface area contributed by atoms with E-state index < -0.39 is 0 Å². The summed E-state index contributed by atoms with van der Waals surface area (Å²) in [5.74, 6) is 0.130. The largest absolute Gasteiger partial charge is 0.321 e. The van der Waals surface area contributed by atoms with Crippen LogP contribution in [0.3, 0.4) is 0 Å². The number of nitrogens with two attached hydrogens (primary N) is 1. The molecule has 3 rings (SSSR count). The molecule has 0 fully saturated rings. The Hall–Kier alpha value is -1.64. The first-order chi connectivity index (χ1) is 9.65. The SMILES string of the molecule is NC1CCc2cccc(-c3ccc(Cl)cc3)c2CC1=O. The molecule has 0 spiro atoms. The standard InChI is InChI=1S/C17H16ClNO/c18-13-7-4-12(5-8-13)14-3-1-2-11-6-9-16(19)17(20)10-15(11)14/h1-5,7-8,16H,6,9-10,19H2. The fourth-order valence-electron chi connectivity index (χ4n) is 2.75. The molecule has 3 heteroatoms. The van der Waals surface area contributed by atoms with Crippen molar-refractivity contribution >= 4 is 17.4 Å². The first-order valence-corrected chi connectivity index (χ1v) is 7.18. The maximum atomic E-state index is 12.1. The molecule has 0 radical (unpaired) electrons. The molecule has 20 heavy (non-hydrogen) atoms. The zero-order valence-corrected chi connectivity index (χ0v) is 11.9. The average Bonchev–Trinajstić information content (AvgIpc) is 2.60. The Morgan fingerprint density at radius 3 is 2.60 bits per heavy atom. The van der Waals surface area contributed by atoms with Crippen LogP contribution in [0.15, 0.2) is 42.5 Å². The van der Waals surface area contributed by atoms with Crippen LogP contribution in [0.1, 0.15) is 17.5 Å². The zero-order chi connectivity index (χ0) is 14.1. The average molecular weight is 286 g/mol. The molecule has 0 saturated heterocycles. The van der Waals surface area contributed by atoms with Crippen molar-refractivity contribution in [2.24, 2.45) is 5.73 Å². The van der Waals surface area contributed by atoms with Crippen molar-refractivity contribution < 1.29 is 4.79 Å². The summed E-state index contributed by atoms with van der Waals surface area (Å²) < 4.78 is 0. The van der Waals surface area contributed by atoms with Gasteiger partial charge in [-0.2, -0.15) is 0 Å². The monoisotopic (exact) mass is 285 g/mol. The molecule has 102 valence electrons. The first-order valence-electron chi connectivity index (χ1n) is 6.80. The van der Waals surface area contributed by atoms with E-state index in [0.29, 0.717) is 11.4 Å². The number of benzene rings is 2. The summed E-state index contributed by atoms with van der Waals surface area (Å²) in [6, 6.07) is 13.6. The third-order valence-electron chi connectivity index (χ3n) is 3.92. The van der Waals surface area contributed by atoms with E-state index in [0.717, 1.165) is 29.5 Å². The van der Waals surface area contributed by atoms with Crippen LogP contribution in [0.2, 0.25) is 5.02 Å². The molecule has 1 unspecified atom stereocenters. The Labute approximate surface area is 123 Å². The van der Waals surface area contributed by atoms with E-state index in [2.05, 4.69) is 12.1 Å². The third kappa shape index (κ3) is 2.49. The minimum atomic E-state index is -0.333. The molecule has 0 bridgehead atoms. The molecule has 1 aliphatic rings. The highest BCUT2D eigenvalue weighted by atomic mass is 35.5. The van der Waals surface area contributed by atoms with E-state index in [1.807, 2.05) is 30.3 Å². The number of Topliss-reactive ketones (excluding diaryl/α,β-unsaturated/α-hetero) is 1. The molecule has 0 amide bonds. The van der Waals surface area contributed by atoms with Crippen molar-refractivity contribution in [3.8, 4) is 11.1 Å². The lowest BCUT2D eigenvalue weighted by Gasteiger charge is -2.12. The summed E-state index contributed by atoms with van der Waals surface area (Å²) in [5, 5.41) is 0.717. The number of aryl methyl sites for hydroxylation is 1. The van der Waals surface area contributed by atoms with Gasteiger partial charge in [-0.05, 0) is 47.2 Å². The zero-order valence-electron chi connectivity index (χ0n) is 11.1. The first kappa shape index (κ1) is 13.3. The van der Waals surface area contributed by atoms with Crippen LogP contribution in [0.5, 0.6) is 0 Å². The molecule has 0 aromatic heterocycles. The molecule has 0 heterocycles. The highest BCUT2D eigenvalue weighted by Gasteiger charge is 2.22. The van der Waals surface area contributed by atoms with Gasteiger partial charge in [0.1, 0.15) is 0 Å². The maximum absolute atomic E-state index is 12.1. The fraction of sp³-hybridized carbons (Fsp3) is 0.235. The van der Waals surface area contributed by atoms with E-state index in [4.69, 9.17) is 17.3 Å². The van der Waals surface area contributed by atoms with Crippen LogP contribution >= 0.6 is 11.6 Å². The smallest absolute Gasteiger partial charge is 0.153 e. The van der Waals surface area contributed by atoms with Crippen molar-refractivity contribution in [2.45, 2.75) is 25.3 Å². The topological polar surface area (TPSA) is 43.1 Å². The molecular weight excluding hydrogens is 270 g/mol.